The van der Waals surface area contributed by atoms with Crippen LogP contribution in [0.3, 0.4) is 0 Å². The van der Waals surface area contributed by atoms with Crippen molar-refractivity contribution in [3.8, 4) is 0 Å². The van der Waals surface area contributed by atoms with Crippen LogP contribution in [0.2, 0.25) is 0 Å². The predicted octanol–water partition coefficient (Wildman–Crippen LogP) is 4.95. The standard InChI is InChI=1S/2C11H14O2S.2C5H5.Ti/c2*1-7-4-8(2)11(9(3)5-7)14-6-10(12)13;2*1-2-4-5-3-1;/h2*4-5H,6H2,1-3H3,(H,12,13);2*1-5H;/q;;;;+4/p-2. The molecule has 0 heterocycles. The van der Waals surface area contributed by atoms with E-state index in [0.29, 0.717) is 0 Å². The van der Waals surface area contributed by atoms with Gasteiger partial charge in [0, 0.05) is 21.3 Å². The quantitative estimate of drug-likeness (QED) is 0.347. The molecule has 2 aromatic carbocycles. The van der Waals surface area contributed by atoms with Crippen molar-refractivity contribution in [2.45, 2.75) is 51.3 Å². The average Bonchev–Trinajstić information content (AvgIpc) is 3.57. The van der Waals surface area contributed by atoms with E-state index in [4.69, 9.17) is 0 Å². The number of carboxylic acid groups (broad SMARTS) is 2. The SMILES string of the molecule is Cc1cc(C)c(SCC(=O)[O-])c(C)c1.Cc1cc(C)c(SCC(=O)[O-])c(C)c1.[CH]1[CH][CH][CH][CH]1.[CH]1[CH][CH][CH][CH]1.[Ti+4]. The summed E-state index contributed by atoms with van der Waals surface area (Å²) in [6.07, 6.45) is 20.0. The van der Waals surface area contributed by atoms with Crippen LogP contribution in [-0.4, -0.2) is 23.4 Å². The second-order valence-corrected chi connectivity index (χ2v) is 10.7. The molecule has 0 bridgehead atoms. The molecule has 0 N–H and O–H groups in total. The van der Waals surface area contributed by atoms with Crippen molar-refractivity contribution < 1.29 is 41.5 Å². The Balaban J connectivity index is 0.000000537. The minimum absolute atomic E-state index is 0. The molecule has 2 saturated carbocycles. The number of carboxylic acids is 2. The Hall–Kier alpha value is -1.21. The van der Waals surface area contributed by atoms with E-state index >= 15 is 0 Å². The first kappa shape index (κ1) is 37.8. The topological polar surface area (TPSA) is 80.3 Å². The molecule has 0 unspecified atom stereocenters. The molecule has 10 radical (unpaired) electrons. The maximum Gasteiger partial charge on any atom is 4.00 e. The summed E-state index contributed by atoms with van der Waals surface area (Å²) >= 11 is 2.66. The van der Waals surface area contributed by atoms with Crippen molar-refractivity contribution in [2.75, 3.05) is 11.5 Å². The van der Waals surface area contributed by atoms with Gasteiger partial charge in [0.05, 0.1) is 11.9 Å². The van der Waals surface area contributed by atoms with Gasteiger partial charge in [0.2, 0.25) is 0 Å². The van der Waals surface area contributed by atoms with Crippen molar-refractivity contribution in [2.24, 2.45) is 0 Å². The van der Waals surface area contributed by atoms with Crippen LogP contribution in [-0.2, 0) is 31.3 Å². The Labute approximate surface area is 260 Å². The van der Waals surface area contributed by atoms with Gasteiger partial charge in [-0.15, -0.1) is 23.5 Å². The van der Waals surface area contributed by atoms with E-state index in [0.717, 1.165) is 32.0 Å². The van der Waals surface area contributed by atoms with E-state index in [-0.39, 0.29) is 33.2 Å². The fourth-order valence-electron chi connectivity index (χ4n) is 3.69. The van der Waals surface area contributed by atoms with Gasteiger partial charge in [-0.05, 0) is 128 Å². The molecule has 0 amide bonds. The normalized spacial score (nSPS) is 13.5. The third-order valence-electron chi connectivity index (χ3n) is 4.99. The van der Waals surface area contributed by atoms with E-state index in [1.54, 1.807) is 0 Å². The molecule has 2 aliphatic rings. The average molecular weight is 597 g/mol. The van der Waals surface area contributed by atoms with Crippen molar-refractivity contribution in [3.63, 3.8) is 0 Å². The van der Waals surface area contributed by atoms with E-state index in [2.05, 4.69) is 24.3 Å². The van der Waals surface area contributed by atoms with Crippen molar-refractivity contribution >= 4 is 35.5 Å². The summed E-state index contributed by atoms with van der Waals surface area (Å²) in [5, 5.41) is 20.7. The number of thioether (sulfide) groups is 2. The van der Waals surface area contributed by atoms with Gasteiger partial charge < -0.3 is 19.8 Å². The van der Waals surface area contributed by atoms with Crippen LogP contribution in [0.5, 0.6) is 0 Å². The number of hydrogen-bond acceptors (Lipinski definition) is 6. The van der Waals surface area contributed by atoms with Gasteiger partial charge in [0.1, 0.15) is 0 Å². The van der Waals surface area contributed by atoms with Gasteiger partial charge in [-0.1, -0.05) is 35.4 Å². The molecule has 0 spiro atoms. The number of benzene rings is 2. The number of aliphatic carboxylic acids is 2. The summed E-state index contributed by atoms with van der Waals surface area (Å²) in [7, 11) is 0. The fraction of sp³-hybridized carbons (Fsp3) is 0.250. The zero-order valence-electron chi connectivity index (χ0n) is 23.4. The number of aryl methyl sites for hydroxylation is 6. The molecule has 202 valence electrons. The third kappa shape index (κ3) is 17.3. The summed E-state index contributed by atoms with van der Waals surface area (Å²) in [6.45, 7) is 12.1. The molecule has 2 aliphatic carbocycles. The third-order valence-corrected chi connectivity index (χ3v) is 7.61. The van der Waals surface area contributed by atoms with Gasteiger partial charge in [0.15, 0.2) is 0 Å². The van der Waals surface area contributed by atoms with Crippen LogP contribution in [0.4, 0.5) is 0 Å². The molecule has 0 aliphatic heterocycles. The van der Waals surface area contributed by atoms with Crippen molar-refractivity contribution in [3.05, 3.63) is 122 Å². The number of carbonyl (C=O) groups excluding carboxylic acids is 2. The largest absolute Gasteiger partial charge is 4.00 e. The maximum atomic E-state index is 10.3. The van der Waals surface area contributed by atoms with Gasteiger partial charge >= 0.3 is 21.7 Å². The van der Waals surface area contributed by atoms with Gasteiger partial charge in [-0.2, -0.15) is 0 Å². The van der Waals surface area contributed by atoms with E-state index in [1.807, 2.05) is 106 Å². The Bertz CT molecular complexity index is 872. The van der Waals surface area contributed by atoms with Gasteiger partial charge in [-0.3, -0.25) is 0 Å². The van der Waals surface area contributed by atoms with Crippen LogP contribution in [0.15, 0.2) is 34.1 Å². The Morgan fingerprint density at radius 1 is 0.513 bits per heavy atom. The Kier molecular flexibility index (Phi) is 20.9. The summed E-state index contributed by atoms with van der Waals surface area (Å²) < 4.78 is 0. The number of rotatable bonds is 6. The smallest absolute Gasteiger partial charge is 0.549 e. The molecule has 2 aromatic rings. The molecule has 4 rings (SSSR count). The first-order valence-corrected chi connectivity index (χ1v) is 14.1. The summed E-state index contributed by atoms with van der Waals surface area (Å²) in [5.74, 6) is -2.00. The molecule has 7 heteroatoms. The van der Waals surface area contributed by atoms with Gasteiger partial charge in [0.25, 0.3) is 0 Å². The molecular formula is C32H36O4S2Ti+2. The molecule has 2 fully saturated rings. The zero-order valence-corrected chi connectivity index (χ0v) is 26.6. The van der Waals surface area contributed by atoms with Gasteiger partial charge in [-0.25, -0.2) is 0 Å². The van der Waals surface area contributed by atoms with E-state index < -0.39 is 11.9 Å². The van der Waals surface area contributed by atoms with Crippen LogP contribution >= 0.6 is 23.5 Å². The van der Waals surface area contributed by atoms with Crippen LogP contribution in [0.1, 0.15) is 33.4 Å². The van der Waals surface area contributed by atoms with E-state index in [1.165, 1.54) is 34.7 Å². The maximum absolute atomic E-state index is 10.3. The summed E-state index contributed by atoms with van der Waals surface area (Å²) in [6, 6.07) is 8.24. The Morgan fingerprint density at radius 3 is 0.897 bits per heavy atom. The zero-order chi connectivity index (χ0) is 28.5. The molecule has 4 nitrogen and oxygen atoms in total. The molecule has 0 atom stereocenters. The molecule has 39 heavy (non-hydrogen) atoms. The van der Waals surface area contributed by atoms with Crippen molar-refractivity contribution in [1.82, 2.24) is 0 Å². The minimum atomic E-state index is -1.02. The Morgan fingerprint density at radius 2 is 0.718 bits per heavy atom. The fourth-order valence-corrected chi connectivity index (χ4v) is 5.36. The van der Waals surface area contributed by atoms with Crippen molar-refractivity contribution in [1.29, 1.82) is 0 Å². The number of hydrogen-bond donors (Lipinski definition) is 0. The first-order valence-electron chi connectivity index (χ1n) is 12.2. The van der Waals surface area contributed by atoms with Crippen LogP contribution in [0.25, 0.3) is 0 Å². The summed E-state index contributed by atoms with van der Waals surface area (Å²) in [5.41, 5.74) is 6.95. The second-order valence-electron chi connectivity index (χ2n) is 8.70. The summed E-state index contributed by atoms with van der Waals surface area (Å²) in [4.78, 5) is 22.8. The number of carbonyl (C=O) groups is 2. The van der Waals surface area contributed by atoms with Crippen LogP contribution in [0, 0.1) is 106 Å². The molecule has 0 saturated heterocycles. The monoisotopic (exact) mass is 596 g/mol. The molecular weight excluding hydrogens is 560 g/mol. The molecule has 0 aromatic heterocycles. The first-order chi connectivity index (χ1) is 18.0. The van der Waals surface area contributed by atoms with Crippen LogP contribution < -0.4 is 10.2 Å². The minimum Gasteiger partial charge on any atom is -0.549 e. The second kappa shape index (κ2) is 21.5. The predicted molar refractivity (Wildman–Crippen MR) is 156 cm³/mol. The van der Waals surface area contributed by atoms with E-state index in [9.17, 15) is 19.8 Å².